The van der Waals surface area contributed by atoms with E-state index in [0.29, 0.717) is 26.6 Å². The first kappa shape index (κ1) is 11.6. The lowest BCUT2D eigenvalue weighted by Crippen LogP contribution is -1.85. The number of hydrogen-bond acceptors (Lipinski definition) is 1. The largest absolute Gasteiger partial charge is 0.455 e. The Bertz CT molecular complexity index is 494. The fourth-order valence-corrected chi connectivity index (χ4v) is 1.70. The fourth-order valence-electron chi connectivity index (χ4n) is 1.13. The topological polar surface area (TPSA) is 9.23 Å². The number of hydrogen-bond donors (Lipinski definition) is 0. The quantitative estimate of drug-likeness (QED) is 0.726. The molecule has 1 radical (unpaired) electrons. The maximum Gasteiger partial charge on any atom is 0.146 e. The molecule has 0 spiro atoms. The van der Waals surface area contributed by atoms with E-state index in [9.17, 15) is 0 Å². The highest BCUT2D eigenvalue weighted by atomic mass is 35.5. The van der Waals surface area contributed by atoms with Crippen LogP contribution in [0, 0.1) is 6.07 Å². The van der Waals surface area contributed by atoms with E-state index in [4.69, 9.17) is 39.5 Å². The Hall–Kier alpha value is -0.890. The molecule has 0 saturated heterocycles. The fraction of sp³-hybridized carbons (Fsp3) is 0. The molecule has 1 nitrogen and oxygen atoms in total. The summed E-state index contributed by atoms with van der Waals surface area (Å²) in [7, 11) is 0. The molecule has 0 saturated carbocycles. The zero-order chi connectivity index (χ0) is 11.5. The average Bonchev–Trinajstić information content (AvgIpc) is 2.25. The van der Waals surface area contributed by atoms with E-state index in [0.717, 1.165) is 0 Å². The van der Waals surface area contributed by atoms with Crippen molar-refractivity contribution in [3.05, 3.63) is 57.5 Å². The van der Waals surface area contributed by atoms with Gasteiger partial charge in [0.25, 0.3) is 0 Å². The van der Waals surface area contributed by atoms with Gasteiger partial charge in [0.15, 0.2) is 0 Å². The van der Waals surface area contributed by atoms with Gasteiger partial charge in [0, 0.05) is 16.1 Å². The standard InChI is InChI=1S/C12H6Cl3O/c13-8-1-4-10(5-2-8)16-12-6-3-9(14)7-11(12)15/h1-4,6-7H. The first-order valence-corrected chi connectivity index (χ1v) is 5.59. The van der Waals surface area contributed by atoms with Crippen molar-refractivity contribution in [2.45, 2.75) is 0 Å². The monoisotopic (exact) mass is 271 g/mol. The van der Waals surface area contributed by atoms with Crippen molar-refractivity contribution < 1.29 is 4.74 Å². The van der Waals surface area contributed by atoms with E-state index in [-0.39, 0.29) is 0 Å². The van der Waals surface area contributed by atoms with Crippen molar-refractivity contribution in [1.29, 1.82) is 0 Å². The van der Waals surface area contributed by atoms with Crippen molar-refractivity contribution in [2.24, 2.45) is 0 Å². The Kier molecular flexibility index (Phi) is 3.59. The Morgan fingerprint density at radius 2 is 1.69 bits per heavy atom. The van der Waals surface area contributed by atoms with Crippen LogP contribution in [0.1, 0.15) is 0 Å². The Labute approximate surface area is 109 Å². The maximum absolute atomic E-state index is 5.96. The summed E-state index contributed by atoms with van der Waals surface area (Å²) in [5.41, 5.74) is 0. The molecule has 4 heteroatoms. The lowest BCUT2D eigenvalue weighted by atomic mass is 10.3. The van der Waals surface area contributed by atoms with E-state index in [1.807, 2.05) is 0 Å². The summed E-state index contributed by atoms with van der Waals surface area (Å²) >= 11 is 17.5. The van der Waals surface area contributed by atoms with E-state index >= 15 is 0 Å². The van der Waals surface area contributed by atoms with Gasteiger partial charge in [0.1, 0.15) is 11.5 Å². The highest BCUT2D eigenvalue weighted by molar-refractivity contribution is 6.35. The van der Waals surface area contributed by atoms with Crippen LogP contribution >= 0.6 is 34.8 Å². The van der Waals surface area contributed by atoms with Crippen molar-refractivity contribution in [2.75, 3.05) is 0 Å². The molecule has 0 aliphatic heterocycles. The van der Waals surface area contributed by atoms with Crippen LogP contribution in [0.3, 0.4) is 0 Å². The van der Waals surface area contributed by atoms with Gasteiger partial charge in [-0.2, -0.15) is 0 Å². The summed E-state index contributed by atoms with van der Waals surface area (Å²) in [5.74, 6) is 1.08. The van der Waals surface area contributed by atoms with E-state index in [2.05, 4.69) is 6.07 Å². The van der Waals surface area contributed by atoms with Gasteiger partial charge in [0.05, 0.1) is 5.02 Å². The second-order valence-corrected chi connectivity index (χ2v) is 4.33. The van der Waals surface area contributed by atoms with E-state index in [1.54, 1.807) is 36.4 Å². The third-order valence-electron chi connectivity index (χ3n) is 1.86. The summed E-state index contributed by atoms with van der Waals surface area (Å²) < 4.78 is 5.51. The zero-order valence-electron chi connectivity index (χ0n) is 8.01. The van der Waals surface area contributed by atoms with Crippen molar-refractivity contribution in [3.8, 4) is 11.5 Å². The lowest BCUT2D eigenvalue weighted by molar-refractivity contribution is 0.482. The molecule has 0 fully saturated rings. The molecule has 0 heterocycles. The summed E-state index contributed by atoms with van der Waals surface area (Å²) in [6.07, 6.45) is 0. The molecular weight excluding hydrogens is 266 g/mol. The van der Waals surface area contributed by atoms with Crippen LogP contribution in [0.4, 0.5) is 0 Å². The zero-order valence-corrected chi connectivity index (χ0v) is 10.3. The first-order chi connectivity index (χ1) is 7.65. The summed E-state index contributed by atoms with van der Waals surface area (Å²) in [5, 5.41) is 1.63. The van der Waals surface area contributed by atoms with Crippen LogP contribution in [0.15, 0.2) is 36.4 Å². The van der Waals surface area contributed by atoms with Crippen LogP contribution in [0.5, 0.6) is 11.5 Å². The summed E-state index contributed by atoms with van der Waals surface area (Å²) in [6, 6.07) is 13.0. The SMILES string of the molecule is Clc1c[c]c(Oc2ccc(Cl)cc2Cl)cc1. The summed E-state index contributed by atoms with van der Waals surface area (Å²) in [4.78, 5) is 0. The minimum atomic E-state index is 0.454. The van der Waals surface area contributed by atoms with Gasteiger partial charge in [0.2, 0.25) is 0 Å². The minimum absolute atomic E-state index is 0.454. The first-order valence-electron chi connectivity index (χ1n) is 4.45. The molecule has 2 aromatic rings. The van der Waals surface area contributed by atoms with E-state index < -0.39 is 0 Å². The lowest BCUT2D eigenvalue weighted by Gasteiger charge is -2.07. The molecule has 0 unspecified atom stereocenters. The van der Waals surface area contributed by atoms with E-state index in [1.165, 1.54) is 0 Å². The minimum Gasteiger partial charge on any atom is -0.455 e. The third-order valence-corrected chi connectivity index (χ3v) is 2.63. The second kappa shape index (κ2) is 4.96. The van der Waals surface area contributed by atoms with Crippen LogP contribution < -0.4 is 4.74 Å². The van der Waals surface area contributed by atoms with Crippen molar-refractivity contribution in [3.63, 3.8) is 0 Å². The number of rotatable bonds is 2. The van der Waals surface area contributed by atoms with Crippen LogP contribution in [0.2, 0.25) is 15.1 Å². The molecule has 0 aliphatic carbocycles. The molecular formula is C12H6Cl3O. The molecule has 0 amide bonds. The van der Waals surface area contributed by atoms with Crippen molar-refractivity contribution in [1.82, 2.24) is 0 Å². The smallest absolute Gasteiger partial charge is 0.146 e. The molecule has 81 valence electrons. The van der Waals surface area contributed by atoms with Crippen molar-refractivity contribution >= 4 is 34.8 Å². The predicted molar refractivity (Wildman–Crippen MR) is 66.8 cm³/mol. The predicted octanol–water partition coefficient (Wildman–Crippen LogP) is 5.24. The van der Waals surface area contributed by atoms with Gasteiger partial charge in [-0.05, 0) is 36.4 Å². The highest BCUT2D eigenvalue weighted by Crippen LogP contribution is 2.31. The van der Waals surface area contributed by atoms with Gasteiger partial charge in [-0.15, -0.1) is 0 Å². The molecule has 0 aliphatic rings. The molecule has 2 rings (SSSR count). The van der Waals surface area contributed by atoms with Gasteiger partial charge in [-0.25, -0.2) is 0 Å². The maximum atomic E-state index is 5.96. The molecule has 0 N–H and O–H groups in total. The average molecular weight is 273 g/mol. The third kappa shape index (κ3) is 2.82. The molecule has 0 atom stereocenters. The number of halogens is 3. The molecule has 16 heavy (non-hydrogen) atoms. The Balaban J connectivity index is 2.23. The molecule has 2 aromatic carbocycles. The normalized spacial score (nSPS) is 10.2. The second-order valence-electron chi connectivity index (χ2n) is 3.05. The molecule has 0 aromatic heterocycles. The van der Waals surface area contributed by atoms with Gasteiger partial charge in [-0.1, -0.05) is 34.8 Å². The van der Waals surface area contributed by atoms with Gasteiger partial charge >= 0.3 is 0 Å². The Morgan fingerprint density at radius 3 is 2.31 bits per heavy atom. The van der Waals surface area contributed by atoms with Crippen LogP contribution in [-0.2, 0) is 0 Å². The van der Waals surface area contributed by atoms with Gasteiger partial charge < -0.3 is 4.74 Å². The molecule has 0 bridgehead atoms. The van der Waals surface area contributed by atoms with Crippen LogP contribution in [-0.4, -0.2) is 0 Å². The number of ether oxygens (including phenoxy) is 1. The van der Waals surface area contributed by atoms with Gasteiger partial charge in [-0.3, -0.25) is 0 Å². The highest BCUT2D eigenvalue weighted by Gasteiger charge is 2.03. The number of benzene rings is 2. The summed E-state index contributed by atoms with van der Waals surface area (Å²) in [6.45, 7) is 0. The Morgan fingerprint density at radius 1 is 0.938 bits per heavy atom. The van der Waals surface area contributed by atoms with Crippen LogP contribution in [0.25, 0.3) is 0 Å².